The number of anilines is 1. The van der Waals surface area contributed by atoms with Gasteiger partial charge in [0, 0.05) is 0 Å². The number of ether oxygens (including phenoxy) is 1. The van der Waals surface area contributed by atoms with Crippen molar-refractivity contribution < 1.29 is 4.74 Å². The van der Waals surface area contributed by atoms with Gasteiger partial charge in [-0.3, -0.25) is 0 Å². The van der Waals surface area contributed by atoms with Crippen LogP contribution in [0, 0.1) is 0 Å². The van der Waals surface area contributed by atoms with Gasteiger partial charge in [-0.1, -0.05) is 0 Å². The Morgan fingerprint density at radius 1 is 1.64 bits per heavy atom. The predicted molar refractivity (Wildman–Crippen MR) is 47.0 cm³/mol. The lowest BCUT2D eigenvalue weighted by Crippen LogP contribution is -1.93. The monoisotopic (exact) mass is 170 g/mol. The summed E-state index contributed by atoms with van der Waals surface area (Å²) in [5.41, 5.74) is 5.57. The highest BCUT2D eigenvalue weighted by Gasteiger charge is 1.99. The summed E-state index contributed by atoms with van der Waals surface area (Å²) in [7, 11) is 1.61. The fraction of sp³-hybridized carbons (Fsp3) is 0.286. The second kappa shape index (κ2) is 3.48. The van der Waals surface area contributed by atoms with Crippen molar-refractivity contribution in [3.05, 3.63) is 12.3 Å². The van der Waals surface area contributed by atoms with Crippen LogP contribution in [0.15, 0.2) is 17.2 Å². The molecule has 0 saturated carbocycles. The Kier molecular flexibility index (Phi) is 2.59. The van der Waals surface area contributed by atoms with Crippen LogP contribution in [0.1, 0.15) is 0 Å². The fourth-order valence-electron chi connectivity index (χ4n) is 0.712. The molecule has 4 heteroatoms. The van der Waals surface area contributed by atoms with E-state index >= 15 is 0 Å². The van der Waals surface area contributed by atoms with E-state index in [9.17, 15) is 0 Å². The first-order valence-electron chi connectivity index (χ1n) is 3.11. The third-order valence-electron chi connectivity index (χ3n) is 1.31. The number of aromatic nitrogens is 1. The van der Waals surface area contributed by atoms with Gasteiger partial charge in [0.2, 0.25) is 0 Å². The second-order valence-electron chi connectivity index (χ2n) is 1.96. The van der Waals surface area contributed by atoms with E-state index in [1.807, 2.05) is 12.3 Å². The van der Waals surface area contributed by atoms with Crippen molar-refractivity contribution in [3.8, 4) is 5.75 Å². The Balaban J connectivity index is 3.02. The Labute approximate surface area is 70.0 Å². The Morgan fingerprint density at radius 2 is 2.36 bits per heavy atom. The molecule has 0 unspecified atom stereocenters. The molecular weight excluding hydrogens is 160 g/mol. The van der Waals surface area contributed by atoms with Crippen LogP contribution < -0.4 is 10.5 Å². The Bertz CT molecular complexity index is 252. The van der Waals surface area contributed by atoms with Gasteiger partial charge >= 0.3 is 0 Å². The van der Waals surface area contributed by atoms with Crippen molar-refractivity contribution in [3.63, 3.8) is 0 Å². The number of methoxy groups -OCH3 is 1. The van der Waals surface area contributed by atoms with Gasteiger partial charge in [0.25, 0.3) is 0 Å². The fourth-order valence-corrected chi connectivity index (χ4v) is 1.21. The molecule has 0 atom stereocenters. The molecule has 0 fully saturated rings. The average Bonchev–Trinajstić information content (AvgIpc) is 2.05. The summed E-state index contributed by atoms with van der Waals surface area (Å²) in [6, 6.07) is 1.87. The molecule has 0 spiro atoms. The smallest absolute Gasteiger partial charge is 0.138 e. The van der Waals surface area contributed by atoms with Crippen LogP contribution in [0.3, 0.4) is 0 Å². The molecule has 1 aromatic heterocycles. The lowest BCUT2D eigenvalue weighted by Gasteiger charge is -2.03. The topological polar surface area (TPSA) is 48.1 Å². The van der Waals surface area contributed by atoms with Crippen molar-refractivity contribution in [1.82, 2.24) is 4.98 Å². The maximum Gasteiger partial charge on any atom is 0.138 e. The highest BCUT2D eigenvalue weighted by Crippen LogP contribution is 2.24. The van der Waals surface area contributed by atoms with Crippen molar-refractivity contribution in [2.45, 2.75) is 4.90 Å². The zero-order chi connectivity index (χ0) is 8.27. The van der Waals surface area contributed by atoms with E-state index in [0.717, 1.165) is 10.6 Å². The summed E-state index contributed by atoms with van der Waals surface area (Å²) in [6.07, 6.45) is 3.56. The van der Waals surface area contributed by atoms with E-state index in [1.54, 1.807) is 25.1 Å². The van der Waals surface area contributed by atoms with Gasteiger partial charge in [0.05, 0.1) is 18.2 Å². The molecule has 60 valence electrons. The minimum absolute atomic E-state index is 0.554. The minimum Gasteiger partial charge on any atom is -0.495 e. The number of hydrogen-bond acceptors (Lipinski definition) is 4. The van der Waals surface area contributed by atoms with Gasteiger partial charge in [-0.15, -0.1) is 11.8 Å². The standard InChI is InChI=1S/C7H10N2OS/c1-10-5-3-6(11-2)7(8)9-4-5/h3-4H,1-2H3,(H2,8,9). The first-order chi connectivity index (χ1) is 5.27. The predicted octanol–water partition coefficient (Wildman–Crippen LogP) is 1.39. The van der Waals surface area contributed by atoms with E-state index in [1.165, 1.54) is 0 Å². The summed E-state index contributed by atoms with van der Waals surface area (Å²) in [5, 5.41) is 0. The maximum atomic E-state index is 5.57. The van der Waals surface area contributed by atoms with Crippen LogP contribution >= 0.6 is 11.8 Å². The number of pyridine rings is 1. The van der Waals surface area contributed by atoms with Gasteiger partial charge in [-0.2, -0.15) is 0 Å². The normalized spacial score (nSPS) is 9.64. The molecule has 1 aromatic rings. The molecule has 0 radical (unpaired) electrons. The molecule has 0 aliphatic rings. The Morgan fingerprint density at radius 3 is 2.91 bits per heavy atom. The number of nitrogens with zero attached hydrogens (tertiary/aromatic N) is 1. The van der Waals surface area contributed by atoms with E-state index in [-0.39, 0.29) is 0 Å². The van der Waals surface area contributed by atoms with E-state index in [2.05, 4.69) is 4.98 Å². The summed E-state index contributed by atoms with van der Waals surface area (Å²) >= 11 is 1.56. The van der Waals surface area contributed by atoms with Crippen molar-refractivity contribution in [2.75, 3.05) is 19.1 Å². The lowest BCUT2D eigenvalue weighted by molar-refractivity contribution is 0.412. The summed E-state index contributed by atoms with van der Waals surface area (Å²) in [4.78, 5) is 4.90. The molecule has 0 aliphatic heterocycles. The average molecular weight is 170 g/mol. The largest absolute Gasteiger partial charge is 0.495 e. The highest BCUT2D eigenvalue weighted by molar-refractivity contribution is 7.98. The van der Waals surface area contributed by atoms with Crippen LogP contribution in [-0.4, -0.2) is 18.3 Å². The Hall–Kier alpha value is -0.900. The van der Waals surface area contributed by atoms with Gasteiger partial charge in [-0.25, -0.2) is 4.98 Å². The van der Waals surface area contributed by atoms with Crippen LogP contribution in [0.5, 0.6) is 5.75 Å². The zero-order valence-electron chi connectivity index (χ0n) is 6.50. The molecule has 0 aromatic carbocycles. The minimum atomic E-state index is 0.554. The third kappa shape index (κ3) is 1.77. The first kappa shape index (κ1) is 8.20. The quantitative estimate of drug-likeness (QED) is 0.681. The molecule has 0 amide bonds. The summed E-state index contributed by atoms with van der Waals surface area (Å²) < 4.78 is 4.98. The third-order valence-corrected chi connectivity index (χ3v) is 2.08. The van der Waals surface area contributed by atoms with Crippen LogP contribution in [-0.2, 0) is 0 Å². The van der Waals surface area contributed by atoms with Crippen LogP contribution in [0.2, 0.25) is 0 Å². The molecule has 0 aliphatic carbocycles. The lowest BCUT2D eigenvalue weighted by atomic mass is 10.4. The number of nitrogens with two attached hydrogens (primary N) is 1. The SMILES string of the molecule is COc1cnc(N)c(SC)c1. The number of rotatable bonds is 2. The molecule has 1 rings (SSSR count). The zero-order valence-corrected chi connectivity index (χ0v) is 7.31. The highest BCUT2D eigenvalue weighted by atomic mass is 32.2. The van der Waals surface area contributed by atoms with Crippen molar-refractivity contribution in [2.24, 2.45) is 0 Å². The molecule has 0 saturated heterocycles. The molecule has 3 nitrogen and oxygen atoms in total. The van der Waals surface area contributed by atoms with E-state index in [4.69, 9.17) is 10.5 Å². The van der Waals surface area contributed by atoms with Crippen molar-refractivity contribution >= 4 is 17.6 Å². The van der Waals surface area contributed by atoms with Crippen LogP contribution in [0.4, 0.5) is 5.82 Å². The van der Waals surface area contributed by atoms with Crippen LogP contribution in [0.25, 0.3) is 0 Å². The second-order valence-corrected chi connectivity index (χ2v) is 2.81. The molecule has 0 bridgehead atoms. The van der Waals surface area contributed by atoms with Crippen molar-refractivity contribution in [1.29, 1.82) is 0 Å². The first-order valence-corrected chi connectivity index (χ1v) is 4.34. The molecule has 1 heterocycles. The molecule has 11 heavy (non-hydrogen) atoms. The van der Waals surface area contributed by atoms with Gasteiger partial charge in [0.15, 0.2) is 0 Å². The van der Waals surface area contributed by atoms with Gasteiger partial charge in [-0.05, 0) is 12.3 Å². The summed E-state index contributed by atoms with van der Waals surface area (Å²) in [5.74, 6) is 1.29. The number of hydrogen-bond donors (Lipinski definition) is 1. The van der Waals surface area contributed by atoms with Gasteiger partial charge in [0.1, 0.15) is 11.6 Å². The van der Waals surface area contributed by atoms with E-state index in [0.29, 0.717) is 5.82 Å². The number of thioether (sulfide) groups is 1. The molecular formula is C7H10N2OS. The molecule has 2 N–H and O–H groups in total. The maximum absolute atomic E-state index is 5.57. The summed E-state index contributed by atoms with van der Waals surface area (Å²) in [6.45, 7) is 0. The number of nitrogen functional groups attached to an aromatic ring is 1. The van der Waals surface area contributed by atoms with E-state index < -0.39 is 0 Å². The van der Waals surface area contributed by atoms with Gasteiger partial charge < -0.3 is 10.5 Å².